The Kier molecular flexibility index (Phi) is 6.34. The number of halogens is 5. The second kappa shape index (κ2) is 9.12. The molecular formula is C22H20F5N5O3. The third-order valence-corrected chi connectivity index (χ3v) is 6.05. The lowest BCUT2D eigenvalue weighted by molar-refractivity contribution is -0.141. The summed E-state index contributed by atoms with van der Waals surface area (Å²) in [6.45, 7) is 1.15. The van der Waals surface area contributed by atoms with Gasteiger partial charge >= 0.3 is 12.2 Å². The second-order valence-corrected chi connectivity index (χ2v) is 8.24. The molecule has 0 spiro atoms. The monoisotopic (exact) mass is 497 g/mol. The lowest BCUT2D eigenvalue weighted by Crippen LogP contribution is -2.50. The van der Waals surface area contributed by atoms with Crippen molar-refractivity contribution in [3.63, 3.8) is 0 Å². The number of hydrogen-bond donors (Lipinski definition) is 2. The van der Waals surface area contributed by atoms with Crippen LogP contribution in [0.3, 0.4) is 0 Å². The van der Waals surface area contributed by atoms with E-state index in [0.29, 0.717) is 24.8 Å². The number of hydrogen-bond acceptors (Lipinski definition) is 5. The van der Waals surface area contributed by atoms with E-state index >= 15 is 0 Å². The SMILES string of the molecule is O=C1NC(=O)C(CCC(=O)N2CCN(c3cc(F)cc(F)c3)CC2)(c2ccc(C(F)(F)F)nc2)N1. The Labute approximate surface area is 196 Å². The van der Waals surface area contributed by atoms with Crippen LogP contribution >= 0.6 is 0 Å². The van der Waals surface area contributed by atoms with Crippen LogP contribution in [0, 0.1) is 11.6 Å². The summed E-state index contributed by atoms with van der Waals surface area (Å²) in [6.07, 6.45) is -4.22. The first-order valence-corrected chi connectivity index (χ1v) is 10.6. The number of rotatable bonds is 5. The van der Waals surface area contributed by atoms with E-state index in [-0.39, 0.29) is 37.4 Å². The maximum atomic E-state index is 13.5. The quantitative estimate of drug-likeness (QED) is 0.489. The van der Waals surface area contributed by atoms with Crippen LogP contribution in [0.4, 0.5) is 32.4 Å². The van der Waals surface area contributed by atoms with Crippen LogP contribution in [0.1, 0.15) is 24.1 Å². The molecule has 1 atom stereocenters. The fourth-order valence-electron chi connectivity index (χ4n) is 4.22. The minimum absolute atomic E-state index is 0.0135. The summed E-state index contributed by atoms with van der Waals surface area (Å²) in [5.41, 5.74) is -2.54. The molecule has 2 aliphatic heterocycles. The molecule has 0 radical (unpaired) electrons. The molecule has 2 N–H and O–H groups in total. The first kappa shape index (κ1) is 24.4. The number of piperazine rings is 1. The van der Waals surface area contributed by atoms with Gasteiger partial charge in [-0.05, 0) is 24.6 Å². The fourth-order valence-corrected chi connectivity index (χ4v) is 4.22. The molecule has 1 aromatic heterocycles. The average Bonchev–Trinajstić information content (AvgIpc) is 3.10. The number of nitrogens with one attached hydrogen (secondary N) is 2. The number of carbonyl (C=O) groups is 3. The van der Waals surface area contributed by atoms with Crippen molar-refractivity contribution < 1.29 is 36.3 Å². The van der Waals surface area contributed by atoms with Gasteiger partial charge in [0.2, 0.25) is 5.91 Å². The first-order valence-electron chi connectivity index (χ1n) is 10.6. The maximum Gasteiger partial charge on any atom is 0.433 e. The van der Waals surface area contributed by atoms with Crippen LogP contribution in [0.5, 0.6) is 0 Å². The molecular weight excluding hydrogens is 477 g/mol. The molecule has 3 heterocycles. The number of nitrogens with zero attached hydrogens (tertiary/aromatic N) is 3. The van der Waals surface area contributed by atoms with Crippen LogP contribution in [0.15, 0.2) is 36.5 Å². The third-order valence-electron chi connectivity index (χ3n) is 6.05. The highest BCUT2D eigenvalue weighted by molar-refractivity contribution is 6.07. The summed E-state index contributed by atoms with van der Waals surface area (Å²) in [6, 6.07) is 4.07. The fraction of sp³-hybridized carbons (Fsp3) is 0.364. The maximum absolute atomic E-state index is 13.5. The summed E-state index contributed by atoms with van der Waals surface area (Å²) < 4.78 is 65.6. The number of alkyl halides is 3. The van der Waals surface area contributed by atoms with Crippen LogP contribution in [-0.2, 0) is 21.3 Å². The van der Waals surface area contributed by atoms with Gasteiger partial charge < -0.3 is 15.1 Å². The van der Waals surface area contributed by atoms with Gasteiger partial charge in [-0.25, -0.2) is 13.6 Å². The molecule has 186 valence electrons. The lowest BCUT2D eigenvalue weighted by Gasteiger charge is -2.36. The van der Waals surface area contributed by atoms with Gasteiger partial charge in [0.25, 0.3) is 5.91 Å². The lowest BCUT2D eigenvalue weighted by atomic mass is 9.86. The molecule has 4 amide bonds. The zero-order valence-corrected chi connectivity index (χ0v) is 18.2. The molecule has 2 fully saturated rings. The molecule has 0 aliphatic carbocycles. The number of amides is 4. The first-order chi connectivity index (χ1) is 16.5. The predicted molar refractivity (Wildman–Crippen MR) is 112 cm³/mol. The van der Waals surface area contributed by atoms with Gasteiger partial charge in [-0.1, -0.05) is 6.07 Å². The topological polar surface area (TPSA) is 94.6 Å². The Morgan fingerprint density at radius 1 is 1.03 bits per heavy atom. The van der Waals surface area contributed by atoms with E-state index in [0.717, 1.165) is 18.3 Å². The highest BCUT2D eigenvalue weighted by atomic mass is 19.4. The minimum atomic E-state index is -4.68. The van der Waals surface area contributed by atoms with Crippen LogP contribution in [-0.4, -0.2) is 53.9 Å². The molecule has 0 saturated carbocycles. The molecule has 2 aliphatic rings. The molecule has 35 heavy (non-hydrogen) atoms. The summed E-state index contributed by atoms with van der Waals surface area (Å²) in [5, 5.41) is 4.47. The van der Waals surface area contributed by atoms with Crippen molar-refractivity contribution in [2.24, 2.45) is 0 Å². The van der Waals surface area contributed by atoms with E-state index in [1.165, 1.54) is 17.0 Å². The number of anilines is 1. The van der Waals surface area contributed by atoms with Crippen molar-refractivity contribution in [1.82, 2.24) is 20.5 Å². The van der Waals surface area contributed by atoms with Crippen molar-refractivity contribution >= 4 is 23.5 Å². The van der Waals surface area contributed by atoms with Gasteiger partial charge in [0.15, 0.2) is 0 Å². The van der Waals surface area contributed by atoms with Crippen molar-refractivity contribution in [1.29, 1.82) is 0 Å². The van der Waals surface area contributed by atoms with Crippen LogP contribution in [0.25, 0.3) is 0 Å². The predicted octanol–water partition coefficient (Wildman–Crippen LogP) is 2.54. The number of urea groups is 1. The minimum Gasteiger partial charge on any atom is -0.368 e. The van der Waals surface area contributed by atoms with Gasteiger partial charge in [0.05, 0.1) is 0 Å². The second-order valence-electron chi connectivity index (χ2n) is 8.24. The molecule has 4 rings (SSSR count). The number of pyridine rings is 1. The van der Waals surface area contributed by atoms with E-state index in [2.05, 4.69) is 15.6 Å². The molecule has 2 aromatic rings. The van der Waals surface area contributed by atoms with E-state index in [1.54, 1.807) is 4.90 Å². The highest BCUT2D eigenvalue weighted by Gasteiger charge is 2.48. The van der Waals surface area contributed by atoms with Crippen molar-refractivity contribution in [2.75, 3.05) is 31.1 Å². The molecule has 1 unspecified atom stereocenters. The van der Waals surface area contributed by atoms with E-state index in [1.807, 2.05) is 0 Å². The Morgan fingerprint density at radius 2 is 1.69 bits per heavy atom. The van der Waals surface area contributed by atoms with Crippen LogP contribution in [0.2, 0.25) is 0 Å². The van der Waals surface area contributed by atoms with E-state index < -0.39 is 41.0 Å². The number of imide groups is 1. The molecule has 2 saturated heterocycles. The molecule has 1 aromatic carbocycles. The number of aromatic nitrogens is 1. The van der Waals surface area contributed by atoms with Gasteiger partial charge in [-0.2, -0.15) is 13.2 Å². The van der Waals surface area contributed by atoms with Crippen molar-refractivity contribution in [2.45, 2.75) is 24.6 Å². The smallest absolute Gasteiger partial charge is 0.368 e. The highest BCUT2D eigenvalue weighted by Crippen LogP contribution is 2.33. The summed E-state index contributed by atoms with van der Waals surface area (Å²) >= 11 is 0. The molecule has 8 nitrogen and oxygen atoms in total. The zero-order chi connectivity index (χ0) is 25.4. The van der Waals surface area contributed by atoms with Gasteiger partial charge in [0, 0.05) is 56.1 Å². The summed E-state index contributed by atoms with van der Waals surface area (Å²) in [4.78, 5) is 43.9. The van der Waals surface area contributed by atoms with Crippen molar-refractivity contribution in [3.05, 3.63) is 59.4 Å². The summed E-state index contributed by atoms with van der Waals surface area (Å²) in [5.74, 6) is -2.56. The molecule has 0 bridgehead atoms. The Balaban J connectivity index is 1.43. The molecule has 13 heteroatoms. The Morgan fingerprint density at radius 3 is 2.20 bits per heavy atom. The number of benzene rings is 1. The largest absolute Gasteiger partial charge is 0.433 e. The normalized spacial score (nSPS) is 20.6. The van der Waals surface area contributed by atoms with E-state index in [9.17, 15) is 36.3 Å². The summed E-state index contributed by atoms with van der Waals surface area (Å²) in [7, 11) is 0. The van der Waals surface area contributed by atoms with Gasteiger partial charge in [-0.3, -0.25) is 19.9 Å². The van der Waals surface area contributed by atoms with E-state index in [4.69, 9.17) is 0 Å². The Bertz CT molecular complexity index is 1130. The zero-order valence-electron chi connectivity index (χ0n) is 18.2. The Hall–Kier alpha value is -3.77. The average molecular weight is 497 g/mol. The number of carbonyl (C=O) groups excluding carboxylic acids is 3. The third kappa shape index (κ3) is 5.03. The van der Waals surface area contributed by atoms with Crippen molar-refractivity contribution in [3.8, 4) is 0 Å². The van der Waals surface area contributed by atoms with Gasteiger partial charge in [-0.15, -0.1) is 0 Å². The van der Waals surface area contributed by atoms with Crippen LogP contribution < -0.4 is 15.5 Å². The van der Waals surface area contributed by atoms with Gasteiger partial charge in [0.1, 0.15) is 22.9 Å². The standard InChI is InChI=1S/C22H20F5N5O3/c23-14-9-15(24)11-16(10-14)31-5-7-32(8-6-31)18(33)3-4-21(19(34)29-20(35)30-21)13-1-2-17(28-12-13)22(25,26)27/h1-2,9-12H,3-8H2,(H2,29,30,34,35).